The van der Waals surface area contributed by atoms with Crippen molar-refractivity contribution in [2.75, 3.05) is 10.2 Å². The van der Waals surface area contributed by atoms with Crippen molar-refractivity contribution in [3.05, 3.63) is 102 Å². The van der Waals surface area contributed by atoms with Crippen LogP contribution >= 0.6 is 0 Å². The van der Waals surface area contributed by atoms with Crippen molar-refractivity contribution in [3.8, 4) is 22.4 Å². The maximum absolute atomic E-state index is 13.1. The first-order chi connectivity index (χ1) is 17.0. The number of pyridine rings is 1. The molecule has 2 heterocycles. The molecule has 1 saturated heterocycles. The molecule has 4 aromatic rings. The summed E-state index contributed by atoms with van der Waals surface area (Å²) in [5.41, 5.74) is 5.51. The molecule has 3 amide bonds. The molecule has 0 atom stereocenters. The van der Waals surface area contributed by atoms with Crippen LogP contribution in [0, 0.1) is 6.92 Å². The Balaban J connectivity index is 1.49. The van der Waals surface area contributed by atoms with E-state index in [1.165, 1.54) is 0 Å². The molecule has 6 nitrogen and oxygen atoms in total. The van der Waals surface area contributed by atoms with Crippen molar-refractivity contribution in [2.45, 2.75) is 19.8 Å². The normalized spacial score (nSPS) is 13.2. The summed E-state index contributed by atoms with van der Waals surface area (Å²) in [5.74, 6) is -0.482. The molecule has 1 aliphatic heterocycles. The number of rotatable bonds is 5. The summed E-state index contributed by atoms with van der Waals surface area (Å²) >= 11 is 0. The second-order valence-corrected chi connectivity index (χ2v) is 8.49. The number of hydrogen-bond acceptors (Lipinski definition) is 4. The fourth-order valence-electron chi connectivity index (χ4n) is 4.10. The molecule has 0 spiro atoms. The number of carbonyl (C=O) groups excluding carboxylic acids is 3. The lowest BCUT2D eigenvalue weighted by atomic mass is 10.0. The molecular weight excluding hydrogens is 438 g/mol. The number of hydrogen-bond donors (Lipinski definition) is 1. The van der Waals surface area contributed by atoms with E-state index in [9.17, 15) is 14.4 Å². The van der Waals surface area contributed by atoms with Gasteiger partial charge in [-0.25, -0.2) is 4.98 Å². The fraction of sp³-hybridized carbons (Fsp3) is 0.103. The second-order valence-electron chi connectivity index (χ2n) is 8.49. The first-order valence-corrected chi connectivity index (χ1v) is 11.4. The van der Waals surface area contributed by atoms with Gasteiger partial charge in [0, 0.05) is 24.0 Å². The Morgan fingerprint density at radius 1 is 0.771 bits per heavy atom. The maximum atomic E-state index is 13.1. The molecule has 0 saturated carbocycles. The summed E-state index contributed by atoms with van der Waals surface area (Å²) in [7, 11) is 0. The average Bonchev–Trinajstić information content (AvgIpc) is 3.22. The van der Waals surface area contributed by atoms with Gasteiger partial charge in [-0.1, -0.05) is 66.2 Å². The van der Waals surface area contributed by atoms with Crippen LogP contribution in [0.3, 0.4) is 0 Å². The van der Waals surface area contributed by atoms with Crippen molar-refractivity contribution in [1.82, 2.24) is 4.98 Å². The van der Waals surface area contributed by atoms with Gasteiger partial charge in [-0.2, -0.15) is 0 Å². The minimum absolute atomic E-state index is 0.188. The number of anilines is 2. The van der Waals surface area contributed by atoms with Crippen LogP contribution in [-0.4, -0.2) is 22.7 Å². The van der Waals surface area contributed by atoms with Crippen molar-refractivity contribution in [1.29, 1.82) is 0 Å². The van der Waals surface area contributed by atoms with Crippen molar-refractivity contribution in [3.63, 3.8) is 0 Å². The number of imide groups is 1. The van der Waals surface area contributed by atoms with Crippen LogP contribution in [0.5, 0.6) is 0 Å². The van der Waals surface area contributed by atoms with Crippen molar-refractivity contribution < 1.29 is 14.4 Å². The highest BCUT2D eigenvalue weighted by Crippen LogP contribution is 2.29. The lowest BCUT2D eigenvalue weighted by molar-refractivity contribution is -0.121. The molecule has 1 fully saturated rings. The van der Waals surface area contributed by atoms with Gasteiger partial charge in [-0.3, -0.25) is 19.3 Å². The zero-order valence-corrected chi connectivity index (χ0v) is 19.2. The summed E-state index contributed by atoms with van der Waals surface area (Å²) < 4.78 is 0. The monoisotopic (exact) mass is 461 g/mol. The molecule has 3 aromatic carbocycles. The van der Waals surface area contributed by atoms with E-state index in [1.807, 2.05) is 73.7 Å². The van der Waals surface area contributed by atoms with E-state index in [0.717, 1.165) is 32.8 Å². The SMILES string of the molecule is Cc1ccc(-c2cc(NC(=O)c3cccc(N4C(=O)CCC4=O)c3)nc(-c3ccccc3)c2)cc1. The highest BCUT2D eigenvalue weighted by molar-refractivity contribution is 6.20. The molecule has 6 heteroatoms. The van der Waals surface area contributed by atoms with Gasteiger partial charge in [0.05, 0.1) is 11.4 Å². The topological polar surface area (TPSA) is 79.4 Å². The number of aromatic nitrogens is 1. The zero-order chi connectivity index (χ0) is 24.4. The molecule has 0 radical (unpaired) electrons. The number of benzene rings is 3. The van der Waals surface area contributed by atoms with E-state index in [0.29, 0.717) is 17.1 Å². The Morgan fingerprint density at radius 2 is 1.49 bits per heavy atom. The summed E-state index contributed by atoms with van der Waals surface area (Å²) in [4.78, 5) is 43.2. The Bertz CT molecular complexity index is 1410. The van der Waals surface area contributed by atoms with Crippen molar-refractivity contribution in [2.24, 2.45) is 0 Å². The van der Waals surface area contributed by atoms with Gasteiger partial charge < -0.3 is 5.32 Å². The molecule has 1 aromatic heterocycles. The largest absolute Gasteiger partial charge is 0.307 e. The minimum Gasteiger partial charge on any atom is -0.307 e. The number of aryl methyl sites for hydroxylation is 1. The van der Waals surface area contributed by atoms with E-state index in [4.69, 9.17) is 0 Å². The summed E-state index contributed by atoms with van der Waals surface area (Å²) in [6, 6.07) is 28.3. The van der Waals surface area contributed by atoms with E-state index in [1.54, 1.807) is 24.3 Å². The van der Waals surface area contributed by atoms with Gasteiger partial charge in [-0.05, 0) is 48.4 Å². The molecule has 1 aliphatic rings. The third-order valence-corrected chi connectivity index (χ3v) is 5.94. The summed E-state index contributed by atoms with van der Waals surface area (Å²) in [6.45, 7) is 2.04. The molecule has 0 unspecified atom stereocenters. The lowest BCUT2D eigenvalue weighted by Crippen LogP contribution is -2.28. The Morgan fingerprint density at radius 3 is 2.20 bits per heavy atom. The van der Waals surface area contributed by atoms with Crippen LogP contribution in [0.4, 0.5) is 11.5 Å². The van der Waals surface area contributed by atoms with Crippen LogP contribution in [-0.2, 0) is 9.59 Å². The summed E-state index contributed by atoms with van der Waals surface area (Å²) in [5, 5.41) is 2.89. The van der Waals surface area contributed by atoms with E-state index in [-0.39, 0.29) is 30.6 Å². The van der Waals surface area contributed by atoms with E-state index >= 15 is 0 Å². The summed E-state index contributed by atoms with van der Waals surface area (Å²) in [6.07, 6.45) is 0.375. The molecule has 1 N–H and O–H groups in total. The Hall–Kier alpha value is -4.58. The van der Waals surface area contributed by atoms with Crippen LogP contribution in [0.2, 0.25) is 0 Å². The third-order valence-electron chi connectivity index (χ3n) is 5.94. The number of nitrogens with zero attached hydrogens (tertiary/aromatic N) is 2. The van der Waals surface area contributed by atoms with Crippen LogP contribution in [0.25, 0.3) is 22.4 Å². The standard InChI is InChI=1S/C29H23N3O3/c1-19-10-12-20(13-11-19)23-17-25(21-6-3-2-4-7-21)30-26(18-23)31-29(35)22-8-5-9-24(16-22)32-27(33)14-15-28(32)34/h2-13,16-18H,14-15H2,1H3,(H,30,31,35). The lowest BCUT2D eigenvalue weighted by Gasteiger charge is -2.15. The maximum Gasteiger partial charge on any atom is 0.256 e. The third kappa shape index (κ3) is 4.73. The molecular formula is C29H23N3O3. The van der Waals surface area contributed by atoms with E-state index < -0.39 is 0 Å². The number of amides is 3. The number of nitrogens with one attached hydrogen (secondary N) is 1. The average molecular weight is 462 g/mol. The Kier molecular flexibility index (Phi) is 5.94. The highest BCUT2D eigenvalue weighted by atomic mass is 16.2. The van der Waals surface area contributed by atoms with Gasteiger partial charge in [0.15, 0.2) is 0 Å². The number of carbonyl (C=O) groups is 3. The molecule has 5 rings (SSSR count). The van der Waals surface area contributed by atoms with Crippen LogP contribution < -0.4 is 10.2 Å². The fourth-order valence-corrected chi connectivity index (χ4v) is 4.10. The molecule has 0 aliphatic carbocycles. The van der Waals surface area contributed by atoms with E-state index in [2.05, 4.69) is 10.3 Å². The zero-order valence-electron chi connectivity index (χ0n) is 19.2. The second kappa shape index (κ2) is 9.35. The molecule has 35 heavy (non-hydrogen) atoms. The first-order valence-electron chi connectivity index (χ1n) is 11.4. The quantitative estimate of drug-likeness (QED) is 0.391. The van der Waals surface area contributed by atoms with Gasteiger partial charge >= 0.3 is 0 Å². The van der Waals surface area contributed by atoms with Crippen LogP contribution in [0.15, 0.2) is 91.0 Å². The first kappa shape index (κ1) is 22.2. The predicted octanol–water partition coefficient (Wildman–Crippen LogP) is 5.63. The van der Waals surface area contributed by atoms with Gasteiger partial charge in [-0.15, -0.1) is 0 Å². The van der Waals surface area contributed by atoms with Gasteiger partial charge in [0.2, 0.25) is 11.8 Å². The van der Waals surface area contributed by atoms with Crippen LogP contribution in [0.1, 0.15) is 28.8 Å². The van der Waals surface area contributed by atoms with Gasteiger partial charge in [0.25, 0.3) is 5.91 Å². The van der Waals surface area contributed by atoms with Gasteiger partial charge in [0.1, 0.15) is 5.82 Å². The minimum atomic E-state index is -0.376. The predicted molar refractivity (Wildman–Crippen MR) is 136 cm³/mol. The molecule has 0 bridgehead atoms. The Labute approximate surface area is 203 Å². The highest BCUT2D eigenvalue weighted by Gasteiger charge is 2.30. The molecule has 172 valence electrons. The van der Waals surface area contributed by atoms with Crippen molar-refractivity contribution >= 4 is 29.2 Å². The smallest absolute Gasteiger partial charge is 0.256 e.